The van der Waals surface area contributed by atoms with Gasteiger partial charge in [0.2, 0.25) is 11.8 Å². The third-order valence-corrected chi connectivity index (χ3v) is 6.77. The quantitative estimate of drug-likeness (QED) is 0.423. The maximum atomic E-state index is 13.1. The molecule has 0 radical (unpaired) electrons. The van der Waals surface area contributed by atoms with Crippen LogP contribution in [0.5, 0.6) is 0 Å². The maximum Gasteiger partial charge on any atom is 0.356 e. The van der Waals surface area contributed by atoms with Crippen LogP contribution in [-0.2, 0) is 25.7 Å². The predicted molar refractivity (Wildman–Crippen MR) is 115 cm³/mol. The zero-order chi connectivity index (χ0) is 24.0. The number of carboxylic acids is 1. The van der Waals surface area contributed by atoms with Gasteiger partial charge in [0.05, 0.1) is 35.9 Å². The van der Waals surface area contributed by atoms with Crippen LogP contribution in [0.3, 0.4) is 0 Å². The van der Waals surface area contributed by atoms with E-state index in [1.54, 1.807) is 25.0 Å². The van der Waals surface area contributed by atoms with Gasteiger partial charge < -0.3 is 25.4 Å². The number of hydrogen-bond acceptors (Lipinski definition) is 8. The van der Waals surface area contributed by atoms with Crippen molar-refractivity contribution in [2.24, 2.45) is 11.8 Å². The van der Waals surface area contributed by atoms with Crippen molar-refractivity contribution in [1.82, 2.24) is 35.4 Å². The molecule has 4 heterocycles. The van der Waals surface area contributed by atoms with E-state index >= 15 is 0 Å². The van der Waals surface area contributed by atoms with Gasteiger partial charge in [-0.3, -0.25) is 14.5 Å². The van der Waals surface area contributed by atoms with Gasteiger partial charge in [0, 0.05) is 39.5 Å². The number of hydrogen-bond donors (Lipinski definition) is 3. The minimum Gasteiger partial charge on any atom is -0.491 e. The van der Waals surface area contributed by atoms with Gasteiger partial charge in [-0.1, -0.05) is 12.1 Å². The van der Waals surface area contributed by atoms with E-state index in [1.807, 2.05) is 20.9 Å². The van der Waals surface area contributed by atoms with Crippen molar-refractivity contribution < 1.29 is 24.2 Å². The van der Waals surface area contributed by atoms with Crippen LogP contribution in [-0.4, -0.2) is 93.6 Å². The number of aromatic nitrogens is 3. The van der Waals surface area contributed by atoms with Crippen molar-refractivity contribution in [3.8, 4) is 0 Å². The van der Waals surface area contributed by atoms with Crippen LogP contribution < -0.4 is 10.6 Å². The molecule has 3 aliphatic heterocycles. The molecule has 6 atom stereocenters. The van der Waals surface area contributed by atoms with Crippen LogP contribution >= 0.6 is 0 Å². The number of β-lactam (4-membered cyclic amide) rings is 1. The Hall–Kier alpha value is -2.99. The van der Waals surface area contributed by atoms with E-state index in [0.717, 1.165) is 5.69 Å². The zero-order valence-corrected chi connectivity index (χ0v) is 19.5. The number of nitrogens with one attached hydrogen (secondary N) is 2. The van der Waals surface area contributed by atoms with Crippen molar-refractivity contribution in [2.75, 3.05) is 27.7 Å². The topological polar surface area (TPSA) is 142 Å². The van der Waals surface area contributed by atoms with Gasteiger partial charge in [0.1, 0.15) is 11.9 Å². The summed E-state index contributed by atoms with van der Waals surface area (Å²) in [6.07, 6.45) is 1.88. The zero-order valence-electron chi connectivity index (χ0n) is 19.5. The summed E-state index contributed by atoms with van der Waals surface area (Å²) >= 11 is 0. The second-order valence-electron chi connectivity index (χ2n) is 9.16. The standard InChI is InChI=1S/C21H31N7O5/c1-10-16-15(11(2)27-9-12(7-22-3)24-25-27)20(30)28(16)17(21(31)32)18(10)33-13-6-14(23-8-13)19(29)26(4)5/h9-11,13-16,22-23H,6-8H2,1-5H3,(H,31,32)/t10-,11-,13+,14+,15-,16-/m1/s1. The van der Waals surface area contributed by atoms with E-state index in [2.05, 4.69) is 20.9 Å². The average molecular weight is 462 g/mol. The summed E-state index contributed by atoms with van der Waals surface area (Å²) in [5, 5.41) is 24.3. The van der Waals surface area contributed by atoms with Crippen molar-refractivity contribution in [1.29, 1.82) is 0 Å². The van der Waals surface area contributed by atoms with Gasteiger partial charge in [-0.2, -0.15) is 0 Å². The summed E-state index contributed by atoms with van der Waals surface area (Å²) in [4.78, 5) is 40.3. The fourth-order valence-electron chi connectivity index (χ4n) is 5.09. The van der Waals surface area contributed by atoms with E-state index in [4.69, 9.17) is 4.74 Å². The van der Waals surface area contributed by atoms with Crippen LogP contribution in [0.15, 0.2) is 17.7 Å². The van der Waals surface area contributed by atoms with Crippen molar-refractivity contribution in [3.05, 3.63) is 23.3 Å². The highest BCUT2D eigenvalue weighted by Gasteiger charge is 2.61. The van der Waals surface area contributed by atoms with Gasteiger partial charge >= 0.3 is 5.97 Å². The van der Waals surface area contributed by atoms with E-state index < -0.39 is 11.9 Å². The molecule has 0 bridgehead atoms. The summed E-state index contributed by atoms with van der Waals surface area (Å²) in [6.45, 7) is 4.77. The highest BCUT2D eigenvalue weighted by molar-refractivity contribution is 5.99. The number of nitrogens with zero attached hydrogens (tertiary/aromatic N) is 5. The smallest absolute Gasteiger partial charge is 0.356 e. The van der Waals surface area contributed by atoms with Crippen molar-refractivity contribution in [2.45, 2.75) is 51.0 Å². The molecule has 1 aromatic heterocycles. The van der Waals surface area contributed by atoms with E-state index in [1.165, 1.54) is 9.80 Å². The molecule has 12 heteroatoms. The number of carboxylic acid groups (broad SMARTS) is 1. The maximum absolute atomic E-state index is 13.1. The molecule has 0 saturated carbocycles. The van der Waals surface area contributed by atoms with E-state index in [0.29, 0.717) is 25.3 Å². The monoisotopic (exact) mass is 461 g/mol. The number of rotatable bonds is 8. The lowest BCUT2D eigenvalue weighted by Gasteiger charge is -2.47. The molecule has 12 nitrogen and oxygen atoms in total. The largest absolute Gasteiger partial charge is 0.491 e. The van der Waals surface area contributed by atoms with Crippen LogP contribution in [0.2, 0.25) is 0 Å². The fraction of sp³-hybridized carbons (Fsp3) is 0.667. The Morgan fingerprint density at radius 2 is 2.15 bits per heavy atom. The van der Waals surface area contributed by atoms with E-state index in [-0.39, 0.29) is 47.7 Å². The third-order valence-electron chi connectivity index (χ3n) is 6.77. The summed E-state index contributed by atoms with van der Waals surface area (Å²) in [7, 11) is 5.20. The number of fused-ring (bicyclic) bond motifs is 1. The number of carbonyl (C=O) groups excluding carboxylic acids is 2. The van der Waals surface area contributed by atoms with Crippen LogP contribution in [0.1, 0.15) is 32.0 Å². The number of carbonyl (C=O) groups is 3. The SMILES string of the molecule is CNCc1cn([C@H](C)[C@H]2C(=O)N3C(C(=O)O)=C(O[C@@H]4CN[C@H](C(=O)N(C)C)C4)[C@H](C)[C@H]23)nn1. The molecule has 1 aromatic rings. The Labute approximate surface area is 191 Å². The first-order chi connectivity index (χ1) is 15.6. The van der Waals surface area contributed by atoms with E-state index in [9.17, 15) is 19.5 Å². The Morgan fingerprint density at radius 3 is 2.79 bits per heavy atom. The Morgan fingerprint density at radius 1 is 1.42 bits per heavy atom. The summed E-state index contributed by atoms with van der Waals surface area (Å²) in [5.41, 5.74) is 0.661. The molecule has 4 rings (SSSR count). The summed E-state index contributed by atoms with van der Waals surface area (Å²) < 4.78 is 7.81. The first kappa shape index (κ1) is 23.2. The molecule has 2 saturated heterocycles. The minimum absolute atomic E-state index is 0.0497. The average Bonchev–Trinajstić information content (AvgIpc) is 3.47. The lowest BCUT2D eigenvalue weighted by Crippen LogP contribution is -2.62. The van der Waals surface area contributed by atoms with Crippen LogP contribution in [0, 0.1) is 11.8 Å². The van der Waals surface area contributed by atoms with Crippen molar-refractivity contribution in [3.63, 3.8) is 0 Å². The Bertz CT molecular complexity index is 989. The summed E-state index contributed by atoms with van der Waals surface area (Å²) in [5.74, 6) is -1.94. The Kier molecular flexibility index (Phi) is 6.14. The molecule has 3 N–H and O–H groups in total. The second-order valence-corrected chi connectivity index (χ2v) is 9.16. The molecule has 0 aliphatic carbocycles. The number of aliphatic carboxylic acids is 1. The molecule has 0 spiro atoms. The first-order valence-corrected chi connectivity index (χ1v) is 11.1. The highest BCUT2D eigenvalue weighted by atomic mass is 16.5. The van der Waals surface area contributed by atoms with Crippen molar-refractivity contribution >= 4 is 17.8 Å². The normalized spacial score (nSPS) is 29.7. The molecule has 2 amide bonds. The third kappa shape index (κ3) is 3.86. The van der Waals surface area contributed by atoms with Crippen LogP contribution in [0.4, 0.5) is 0 Å². The Balaban J connectivity index is 1.51. The highest BCUT2D eigenvalue weighted by Crippen LogP contribution is 2.50. The molecule has 180 valence electrons. The predicted octanol–water partition coefficient (Wildman–Crippen LogP) is -0.833. The summed E-state index contributed by atoms with van der Waals surface area (Å²) in [6, 6.07) is -0.996. The molecule has 2 fully saturated rings. The minimum atomic E-state index is -1.19. The van der Waals surface area contributed by atoms with Gasteiger partial charge in [-0.05, 0) is 14.0 Å². The number of ether oxygens (including phenoxy) is 1. The molecule has 0 aromatic carbocycles. The fourth-order valence-corrected chi connectivity index (χ4v) is 5.09. The second kappa shape index (κ2) is 8.75. The van der Waals surface area contributed by atoms with Gasteiger partial charge in [0.15, 0.2) is 5.70 Å². The molecular formula is C21H31N7O5. The lowest BCUT2D eigenvalue weighted by atomic mass is 9.77. The molecular weight excluding hydrogens is 430 g/mol. The van der Waals surface area contributed by atoms with Crippen LogP contribution in [0.25, 0.3) is 0 Å². The van der Waals surface area contributed by atoms with Gasteiger partial charge in [-0.25, -0.2) is 9.48 Å². The van der Waals surface area contributed by atoms with Gasteiger partial charge in [-0.15, -0.1) is 5.10 Å². The molecule has 0 unspecified atom stereocenters. The van der Waals surface area contributed by atoms with Gasteiger partial charge in [0.25, 0.3) is 0 Å². The molecule has 3 aliphatic rings. The number of likely N-dealkylation sites (N-methyl/N-ethyl adjacent to an activating group) is 1. The lowest BCUT2D eigenvalue weighted by molar-refractivity contribution is -0.159. The molecule has 33 heavy (non-hydrogen) atoms. The number of amides is 2. The first-order valence-electron chi connectivity index (χ1n) is 11.1.